The minimum Gasteiger partial charge on any atom is -0.339 e. The maximum Gasteiger partial charge on any atom is 0.263 e. The molecule has 0 fully saturated rings. The van der Waals surface area contributed by atoms with Gasteiger partial charge in [0, 0.05) is 18.1 Å². The molecule has 4 rings (SSSR count). The smallest absolute Gasteiger partial charge is 0.263 e. The molecule has 0 bridgehead atoms. The molecule has 0 unspecified atom stereocenters. The van der Waals surface area contributed by atoms with Gasteiger partial charge in [0.1, 0.15) is 17.0 Å². The van der Waals surface area contributed by atoms with E-state index in [9.17, 15) is 4.39 Å². The molecule has 1 aromatic carbocycles. The molecule has 0 amide bonds. The van der Waals surface area contributed by atoms with Crippen LogP contribution >= 0.6 is 0 Å². The first-order valence-corrected chi connectivity index (χ1v) is 7.28. The number of hydrogen-bond acceptors (Lipinski definition) is 6. The van der Waals surface area contributed by atoms with Gasteiger partial charge in [-0.1, -0.05) is 17.3 Å². The summed E-state index contributed by atoms with van der Waals surface area (Å²) in [4.78, 5) is 12.8. The van der Waals surface area contributed by atoms with Crippen LogP contribution in [0.2, 0.25) is 0 Å². The highest BCUT2D eigenvalue weighted by Crippen LogP contribution is 2.30. The quantitative estimate of drug-likeness (QED) is 0.617. The fourth-order valence-corrected chi connectivity index (χ4v) is 2.42. The van der Waals surface area contributed by atoms with Crippen molar-refractivity contribution in [3.05, 3.63) is 60.3 Å². The SMILES string of the molecule is Cc1noc2nc(-c3ccccc3F)nc(Nc3ccncc3)c12. The Labute approximate surface area is 136 Å². The van der Waals surface area contributed by atoms with Crippen molar-refractivity contribution >= 4 is 22.6 Å². The Morgan fingerprint density at radius 3 is 2.62 bits per heavy atom. The van der Waals surface area contributed by atoms with E-state index in [2.05, 4.69) is 25.4 Å². The van der Waals surface area contributed by atoms with Gasteiger partial charge in [-0.05, 0) is 31.2 Å². The van der Waals surface area contributed by atoms with Crippen LogP contribution in [0.3, 0.4) is 0 Å². The van der Waals surface area contributed by atoms with Gasteiger partial charge in [0.25, 0.3) is 5.71 Å². The Kier molecular flexibility index (Phi) is 3.38. The zero-order valence-corrected chi connectivity index (χ0v) is 12.7. The second-order valence-electron chi connectivity index (χ2n) is 5.18. The Balaban J connectivity index is 1.90. The van der Waals surface area contributed by atoms with Crippen LogP contribution in [0.4, 0.5) is 15.9 Å². The number of rotatable bonds is 3. The van der Waals surface area contributed by atoms with Crippen LogP contribution in [0.25, 0.3) is 22.5 Å². The van der Waals surface area contributed by atoms with E-state index in [1.165, 1.54) is 6.07 Å². The summed E-state index contributed by atoms with van der Waals surface area (Å²) in [5.41, 5.74) is 2.05. The molecular formula is C17H12FN5O. The molecule has 6 nitrogen and oxygen atoms in total. The standard InChI is InChI=1S/C17H12FN5O/c1-10-14-16(20-11-6-8-19-9-7-11)21-15(22-17(14)24-23-10)12-4-2-3-5-13(12)18/h2-9H,1H3,(H,19,20,21,22). The van der Waals surface area contributed by atoms with Crippen LogP contribution in [0.15, 0.2) is 53.3 Å². The Bertz CT molecular complexity index is 1020. The maximum atomic E-state index is 14.1. The molecule has 0 saturated carbocycles. The van der Waals surface area contributed by atoms with Crippen molar-refractivity contribution in [2.75, 3.05) is 5.32 Å². The monoisotopic (exact) mass is 321 g/mol. The van der Waals surface area contributed by atoms with E-state index in [1.54, 1.807) is 49.6 Å². The van der Waals surface area contributed by atoms with Crippen LogP contribution < -0.4 is 5.32 Å². The molecule has 0 spiro atoms. The predicted molar refractivity (Wildman–Crippen MR) is 87.2 cm³/mol. The van der Waals surface area contributed by atoms with Gasteiger partial charge in [-0.25, -0.2) is 9.37 Å². The number of hydrogen-bond donors (Lipinski definition) is 1. The zero-order valence-electron chi connectivity index (χ0n) is 12.7. The molecule has 0 saturated heterocycles. The first kappa shape index (κ1) is 14.3. The van der Waals surface area contributed by atoms with E-state index in [0.717, 1.165) is 5.69 Å². The number of nitrogens with one attached hydrogen (secondary N) is 1. The summed E-state index contributed by atoms with van der Waals surface area (Å²) < 4.78 is 19.3. The molecule has 0 aliphatic heterocycles. The lowest BCUT2D eigenvalue weighted by Gasteiger charge is -2.08. The minimum absolute atomic E-state index is 0.230. The van der Waals surface area contributed by atoms with Gasteiger partial charge < -0.3 is 9.84 Å². The number of halogens is 1. The van der Waals surface area contributed by atoms with Crippen molar-refractivity contribution in [2.24, 2.45) is 0 Å². The first-order chi connectivity index (χ1) is 11.7. The number of nitrogens with zero attached hydrogens (tertiary/aromatic N) is 4. The van der Waals surface area contributed by atoms with Crippen molar-refractivity contribution in [1.29, 1.82) is 0 Å². The van der Waals surface area contributed by atoms with Crippen LogP contribution in [0.1, 0.15) is 5.69 Å². The number of aromatic nitrogens is 4. The second kappa shape index (κ2) is 5.69. The third-order valence-electron chi connectivity index (χ3n) is 3.56. The van der Waals surface area contributed by atoms with Crippen molar-refractivity contribution < 1.29 is 8.91 Å². The number of anilines is 2. The summed E-state index contributed by atoms with van der Waals surface area (Å²) >= 11 is 0. The van der Waals surface area contributed by atoms with Gasteiger partial charge in [-0.2, -0.15) is 4.98 Å². The predicted octanol–water partition coefficient (Wildman–Crippen LogP) is 3.87. The van der Waals surface area contributed by atoms with Crippen LogP contribution in [0, 0.1) is 12.7 Å². The van der Waals surface area contributed by atoms with Gasteiger partial charge in [0.05, 0.1) is 11.3 Å². The van der Waals surface area contributed by atoms with Crippen molar-refractivity contribution in [3.63, 3.8) is 0 Å². The molecule has 3 heterocycles. The summed E-state index contributed by atoms with van der Waals surface area (Å²) in [7, 11) is 0. The van der Waals surface area contributed by atoms with Crippen LogP contribution in [-0.2, 0) is 0 Å². The van der Waals surface area contributed by atoms with E-state index in [1.807, 2.05) is 0 Å². The summed E-state index contributed by atoms with van der Waals surface area (Å²) in [6, 6.07) is 9.94. The van der Waals surface area contributed by atoms with Gasteiger partial charge in [-0.15, -0.1) is 0 Å². The van der Waals surface area contributed by atoms with E-state index in [-0.39, 0.29) is 5.82 Å². The molecule has 118 valence electrons. The lowest BCUT2D eigenvalue weighted by molar-refractivity contribution is 0.443. The molecule has 7 heteroatoms. The maximum absolute atomic E-state index is 14.1. The summed E-state index contributed by atoms with van der Waals surface area (Å²) in [5, 5.41) is 7.78. The Morgan fingerprint density at radius 1 is 1.04 bits per heavy atom. The fourth-order valence-electron chi connectivity index (χ4n) is 2.42. The highest BCUT2D eigenvalue weighted by Gasteiger charge is 2.17. The molecule has 0 atom stereocenters. The van der Waals surface area contributed by atoms with Crippen molar-refractivity contribution in [3.8, 4) is 11.4 Å². The average Bonchev–Trinajstić information content (AvgIpc) is 2.97. The minimum atomic E-state index is -0.400. The third-order valence-corrected chi connectivity index (χ3v) is 3.56. The van der Waals surface area contributed by atoms with Gasteiger partial charge in [0.15, 0.2) is 5.82 Å². The second-order valence-corrected chi connectivity index (χ2v) is 5.18. The summed E-state index contributed by atoms with van der Waals surface area (Å²) in [5.74, 6) is 0.333. The number of fused-ring (bicyclic) bond motifs is 1. The van der Waals surface area contributed by atoms with Crippen molar-refractivity contribution in [2.45, 2.75) is 6.92 Å². The highest BCUT2D eigenvalue weighted by molar-refractivity contribution is 5.91. The topological polar surface area (TPSA) is 76.7 Å². The van der Waals surface area contributed by atoms with E-state index < -0.39 is 5.82 Å². The molecule has 4 aromatic rings. The largest absolute Gasteiger partial charge is 0.339 e. The Morgan fingerprint density at radius 2 is 1.83 bits per heavy atom. The number of pyridine rings is 1. The molecule has 3 aromatic heterocycles. The van der Waals surface area contributed by atoms with Gasteiger partial charge >= 0.3 is 0 Å². The lowest BCUT2D eigenvalue weighted by atomic mass is 10.2. The van der Waals surface area contributed by atoms with Gasteiger partial charge in [-0.3, -0.25) is 4.98 Å². The zero-order chi connectivity index (χ0) is 16.5. The molecular weight excluding hydrogens is 309 g/mol. The number of aryl methyl sites for hydroxylation is 1. The summed E-state index contributed by atoms with van der Waals surface area (Å²) in [6.45, 7) is 1.80. The molecule has 0 aliphatic rings. The molecule has 24 heavy (non-hydrogen) atoms. The normalized spacial score (nSPS) is 10.9. The average molecular weight is 321 g/mol. The first-order valence-electron chi connectivity index (χ1n) is 7.28. The number of benzene rings is 1. The van der Waals surface area contributed by atoms with E-state index in [0.29, 0.717) is 28.2 Å². The Hall–Kier alpha value is -3.35. The third kappa shape index (κ3) is 2.45. The fraction of sp³-hybridized carbons (Fsp3) is 0.0588. The summed E-state index contributed by atoms with van der Waals surface area (Å²) in [6.07, 6.45) is 3.33. The van der Waals surface area contributed by atoms with Gasteiger partial charge in [0.2, 0.25) is 0 Å². The van der Waals surface area contributed by atoms with Crippen molar-refractivity contribution in [1.82, 2.24) is 20.1 Å². The van der Waals surface area contributed by atoms with Crippen LogP contribution in [0.5, 0.6) is 0 Å². The van der Waals surface area contributed by atoms with E-state index in [4.69, 9.17) is 4.52 Å². The molecule has 1 N–H and O–H groups in total. The van der Waals surface area contributed by atoms with E-state index >= 15 is 0 Å². The highest BCUT2D eigenvalue weighted by atomic mass is 19.1. The molecule has 0 aliphatic carbocycles. The lowest BCUT2D eigenvalue weighted by Crippen LogP contribution is -2.00. The molecule has 0 radical (unpaired) electrons. The van der Waals surface area contributed by atoms with Crippen LogP contribution in [-0.4, -0.2) is 20.1 Å².